The third-order valence-corrected chi connectivity index (χ3v) is 1.79. The molecule has 0 radical (unpaired) electrons. The van der Waals surface area contributed by atoms with E-state index >= 15 is 0 Å². The molecule has 0 saturated heterocycles. The van der Waals surface area contributed by atoms with Gasteiger partial charge < -0.3 is 20.6 Å². The fraction of sp³-hybridized carbons (Fsp3) is 0.286. The molecule has 0 aliphatic rings. The number of nitrogens with one attached hydrogen (secondary N) is 1. The van der Waals surface area contributed by atoms with E-state index in [1.54, 1.807) is 0 Å². The van der Waals surface area contributed by atoms with E-state index in [2.05, 4.69) is 4.98 Å². The molecule has 1 heterocycles. The summed E-state index contributed by atoms with van der Waals surface area (Å²) in [5, 5.41) is 10.4. The van der Waals surface area contributed by atoms with E-state index < -0.39 is 23.4 Å². The normalized spacial score (nSPS) is 15.2. The average molecular weight is 230 g/mol. The Labute approximate surface area is 105 Å². The van der Waals surface area contributed by atoms with Gasteiger partial charge in [-0.1, -0.05) is 0 Å². The van der Waals surface area contributed by atoms with Gasteiger partial charge in [-0.15, -0.1) is 0 Å². The molecule has 1 unspecified atom stereocenters. The van der Waals surface area contributed by atoms with Gasteiger partial charge in [-0.2, -0.15) is 13.2 Å². The van der Waals surface area contributed by atoms with Crippen molar-refractivity contribution in [1.29, 1.82) is 0 Å². The van der Waals surface area contributed by atoms with Crippen LogP contribution >= 0.6 is 0 Å². The van der Waals surface area contributed by atoms with Crippen molar-refractivity contribution in [3.8, 4) is 0 Å². The van der Waals surface area contributed by atoms with Crippen LogP contribution in [0.5, 0.6) is 0 Å². The molecular formula is C7H6F3N2NaO2. The molecule has 0 amide bonds. The number of nitrogens with two attached hydrogens (primary N) is 1. The number of hydrogen-bond acceptors (Lipinski definition) is 3. The predicted molar refractivity (Wildman–Crippen MR) is 37.7 cm³/mol. The number of carbonyl (C=O) groups is 1. The maximum Gasteiger partial charge on any atom is 1.00 e. The fourth-order valence-electron chi connectivity index (χ4n) is 0.954. The Bertz CT molecular complexity index is 339. The summed E-state index contributed by atoms with van der Waals surface area (Å²) < 4.78 is 37.1. The second kappa shape index (κ2) is 4.56. The van der Waals surface area contributed by atoms with E-state index in [1.807, 2.05) is 0 Å². The number of carbonyl (C=O) groups excluding carboxylic acids is 1. The largest absolute Gasteiger partial charge is 1.00 e. The van der Waals surface area contributed by atoms with Crippen LogP contribution in [0.2, 0.25) is 0 Å². The number of halogens is 3. The second-order valence-electron chi connectivity index (χ2n) is 2.68. The smallest absolute Gasteiger partial charge is 0.547 e. The number of hydrogen-bond donors (Lipinski definition) is 2. The van der Waals surface area contributed by atoms with Crippen molar-refractivity contribution in [2.24, 2.45) is 5.73 Å². The molecule has 8 heteroatoms. The molecule has 1 atom stereocenters. The molecule has 4 nitrogen and oxygen atoms in total. The summed E-state index contributed by atoms with van der Waals surface area (Å²) in [4.78, 5) is 12.5. The number of carboxylic acids is 1. The summed E-state index contributed by atoms with van der Waals surface area (Å²) in [7, 11) is 0. The minimum atomic E-state index is -5.11. The Morgan fingerprint density at radius 2 is 2.00 bits per heavy atom. The number of aromatic amines is 1. The molecule has 0 aliphatic heterocycles. The maximum absolute atomic E-state index is 12.4. The topological polar surface area (TPSA) is 81.9 Å². The van der Waals surface area contributed by atoms with Crippen LogP contribution in [0.25, 0.3) is 0 Å². The van der Waals surface area contributed by atoms with Crippen LogP contribution in [0.15, 0.2) is 18.3 Å². The molecule has 1 aromatic rings. The number of alkyl halides is 3. The first kappa shape index (κ1) is 14.5. The van der Waals surface area contributed by atoms with Gasteiger partial charge in [0.1, 0.15) is 0 Å². The van der Waals surface area contributed by atoms with Gasteiger partial charge in [0.15, 0.2) is 5.54 Å². The zero-order valence-corrected chi connectivity index (χ0v) is 9.76. The van der Waals surface area contributed by atoms with Gasteiger partial charge in [0.05, 0.1) is 11.7 Å². The van der Waals surface area contributed by atoms with Crippen molar-refractivity contribution in [2.45, 2.75) is 11.7 Å². The zero-order valence-electron chi connectivity index (χ0n) is 7.76. The van der Waals surface area contributed by atoms with Crippen molar-refractivity contribution in [3.05, 3.63) is 24.0 Å². The number of carboxylic acid groups (broad SMARTS) is 1. The van der Waals surface area contributed by atoms with E-state index in [1.165, 1.54) is 6.07 Å². The van der Waals surface area contributed by atoms with E-state index in [4.69, 9.17) is 5.73 Å². The van der Waals surface area contributed by atoms with E-state index in [0.29, 0.717) is 0 Å². The van der Waals surface area contributed by atoms with Gasteiger partial charge in [-0.3, -0.25) is 0 Å². The molecule has 3 N–H and O–H groups in total. The Hall–Kier alpha value is -0.500. The molecule has 0 fully saturated rings. The molecule has 1 rings (SSSR count). The minimum Gasteiger partial charge on any atom is -0.547 e. The first-order valence-electron chi connectivity index (χ1n) is 3.51. The molecule has 0 saturated carbocycles. The Morgan fingerprint density at radius 3 is 2.27 bits per heavy atom. The molecule has 0 aromatic carbocycles. The van der Waals surface area contributed by atoms with Gasteiger partial charge >= 0.3 is 35.7 Å². The van der Waals surface area contributed by atoms with Gasteiger partial charge in [0.2, 0.25) is 0 Å². The van der Waals surface area contributed by atoms with Crippen molar-refractivity contribution in [1.82, 2.24) is 4.98 Å². The Morgan fingerprint density at radius 1 is 1.47 bits per heavy atom. The molecule has 0 aliphatic carbocycles. The van der Waals surface area contributed by atoms with Gasteiger partial charge in [0.25, 0.3) is 0 Å². The first-order chi connectivity index (χ1) is 6.30. The summed E-state index contributed by atoms with van der Waals surface area (Å²) in [6.07, 6.45) is -3.97. The third kappa shape index (κ3) is 2.36. The van der Waals surface area contributed by atoms with Crippen LogP contribution in [0.4, 0.5) is 13.2 Å². The number of aliphatic carboxylic acids is 1. The van der Waals surface area contributed by atoms with E-state index in [9.17, 15) is 23.1 Å². The van der Waals surface area contributed by atoms with E-state index in [-0.39, 0.29) is 29.6 Å². The van der Waals surface area contributed by atoms with Crippen molar-refractivity contribution in [2.75, 3.05) is 0 Å². The average Bonchev–Trinajstić information content (AvgIpc) is 2.52. The third-order valence-electron chi connectivity index (χ3n) is 1.79. The summed E-state index contributed by atoms with van der Waals surface area (Å²) in [5.41, 5.74) is 0.614. The molecule has 0 bridgehead atoms. The van der Waals surface area contributed by atoms with Crippen LogP contribution in [0.1, 0.15) is 5.69 Å². The number of aromatic nitrogens is 1. The SMILES string of the molecule is NC(C(=O)[O-])(c1ccc[nH]1)C(F)(F)F.[Na+]. The number of H-pyrrole nitrogens is 1. The fourth-order valence-corrected chi connectivity index (χ4v) is 0.954. The monoisotopic (exact) mass is 230 g/mol. The quantitative estimate of drug-likeness (QED) is 0.517. The number of rotatable bonds is 2. The zero-order chi connectivity index (χ0) is 11.0. The Kier molecular flexibility index (Phi) is 4.41. The first-order valence-corrected chi connectivity index (χ1v) is 3.51. The van der Waals surface area contributed by atoms with E-state index in [0.717, 1.165) is 12.3 Å². The van der Waals surface area contributed by atoms with Crippen LogP contribution < -0.4 is 40.4 Å². The molecule has 1 aromatic heterocycles. The summed E-state index contributed by atoms with van der Waals surface area (Å²) in [5.74, 6) is -2.40. The van der Waals surface area contributed by atoms with Crippen LogP contribution in [-0.2, 0) is 10.3 Å². The van der Waals surface area contributed by atoms with Crippen molar-refractivity contribution >= 4 is 5.97 Å². The Balaban J connectivity index is 0.00000196. The van der Waals surface area contributed by atoms with Crippen LogP contribution in [-0.4, -0.2) is 17.1 Å². The maximum atomic E-state index is 12.4. The van der Waals surface area contributed by atoms with Crippen molar-refractivity contribution < 1.29 is 52.6 Å². The van der Waals surface area contributed by atoms with Crippen LogP contribution in [0.3, 0.4) is 0 Å². The minimum absolute atomic E-state index is 0. The van der Waals surface area contributed by atoms with Crippen molar-refractivity contribution in [3.63, 3.8) is 0 Å². The molecular weight excluding hydrogens is 224 g/mol. The van der Waals surface area contributed by atoms with Gasteiger partial charge in [-0.05, 0) is 12.1 Å². The second-order valence-corrected chi connectivity index (χ2v) is 2.68. The summed E-state index contributed by atoms with van der Waals surface area (Å²) >= 11 is 0. The van der Waals surface area contributed by atoms with Crippen LogP contribution in [0, 0.1) is 0 Å². The van der Waals surface area contributed by atoms with Gasteiger partial charge in [-0.25, -0.2) is 0 Å². The molecule has 78 valence electrons. The summed E-state index contributed by atoms with van der Waals surface area (Å²) in [6.45, 7) is 0. The predicted octanol–water partition coefficient (Wildman–Crippen LogP) is -3.52. The summed E-state index contributed by atoms with van der Waals surface area (Å²) in [6, 6.07) is 2.15. The standard InChI is InChI=1S/C7H7F3N2O2.Na/c8-7(9,10)6(11,5(13)14)4-2-1-3-12-4;/h1-3,12H,11H2,(H,13,14);/q;+1/p-1. The molecule has 15 heavy (non-hydrogen) atoms. The molecule has 0 spiro atoms. The van der Waals surface area contributed by atoms with Gasteiger partial charge in [0, 0.05) is 6.20 Å².